The van der Waals surface area contributed by atoms with E-state index in [1.807, 2.05) is 0 Å². The SMILES string of the molecule is Cl.OCC1CCN(CC2CCCNC2)CC1. The van der Waals surface area contributed by atoms with E-state index < -0.39 is 0 Å². The van der Waals surface area contributed by atoms with Crippen molar-refractivity contribution in [1.29, 1.82) is 0 Å². The Morgan fingerprint density at radius 3 is 2.44 bits per heavy atom. The number of halogens is 1. The zero-order chi connectivity index (χ0) is 10.5. The number of nitrogens with one attached hydrogen (secondary N) is 1. The number of rotatable bonds is 3. The Labute approximate surface area is 105 Å². The van der Waals surface area contributed by atoms with Gasteiger partial charge in [-0.15, -0.1) is 12.4 Å². The maximum absolute atomic E-state index is 9.07. The summed E-state index contributed by atoms with van der Waals surface area (Å²) in [5, 5.41) is 12.5. The molecule has 2 rings (SSSR count). The normalized spacial score (nSPS) is 28.7. The third kappa shape index (κ3) is 4.21. The molecule has 16 heavy (non-hydrogen) atoms. The molecule has 2 saturated heterocycles. The van der Waals surface area contributed by atoms with Crippen LogP contribution < -0.4 is 5.32 Å². The van der Waals surface area contributed by atoms with E-state index in [2.05, 4.69) is 10.2 Å². The molecule has 4 heteroatoms. The summed E-state index contributed by atoms with van der Waals surface area (Å²) in [7, 11) is 0. The Bertz CT molecular complexity index is 178. The molecule has 0 aromatic rings. The highest BCUT2D eigenvalue weighted by Crippen LogP contribution is 2.19. The Morgan fingerprint density at radius 2 is 1.88 bits per heavy atom. The van der Waals surface area contributed by atoms with Crippen LogP contribution in [0.2, 0.25) is 0 Å². The molecule has 0 saturated carbocycles. The summed E-state index contributed by atoms with van der Waals surface area (Å²) >= 11 is 0. The summed E-state index contributed by atoms with van der Waals surface area (Å²) in [5.41, 5.74) is 0. The number of aliphatic hydroxyl groups is 1. The molecule has 2 heterocycles. The van der Waals surface area contributed by atoms with Crippen molar-refractivity contribution in [3.8, 4) is 0 Å². The summed E-state index contributed by atoms with van der Waals surface area (Å²) in [6.07, 6.45) is 5.12. The van der Waals surface area contributed by atoms with Crippen LogP contribution in [-0.2, 0) is 0 Å². The average molecular weight is 249 g/mol. The van der Waals surface area contributed by atoms with E-state index in [0.717, 1.165) is 5.92 Å². The van der Waals surface area contributed by atoms with Crippen molar-refractivity contribution in [2.24, 2.45) is 11.8 Å². The topological polar surface area (TPSA) is 35.5 Å². The summed E-state index contributed by atoms with van der Waals surface area (Å²) < 4.78 is 0. The maximum atomic E-state index is 9.07. The van der Waals surface area contributed by atoms with Crippen LogP contribution in [0.1, 0.15) is 25.7 Å². The number of nitrogens with zero attached hydrogens (tertiary/aromatic N) is 1. The predicted molar refractivity (Wildman–Crippen MR) is 69.1 cm³/mol. The van der Waals surface area contributed by atoms with Crippen LogP contribution in [0.3, 0.4) is 0 Å². The standard InChI is InChI=1S/C12H24N2O.ClH/c15-10-11-3-6-14(7-4-11)9-12-2-1-5-13-8-12;/h11-13,15H,1-10H2;1H. The third-order valence-corrected chi connectivity index (χ3v) is 3.88. The molecule has 0 bridgehead atoms. The van der Waals surface area contributed by atoms with Crippen molar-refractivity contribution < 1.29 is 5.11 Å². The zero-order valence-corrected chi connectivity index (χ0v) is 10.8. The molecular weight excluding hydrogens is 224 g/mol. The molecule has 2 aliphatic rings. The van der Waals surface area contributed by atoms with Gasteiger partial charge in [0.05, 0.1) is 0 Å². The van der Waals surface area contributed by atoms with E-state index in [9.17, 15) is 0 Å². The Kier molecular flexibility index (Phi) is 6.66. The molecule has 2 N–H and O–H groups in total. The summed E-state index contributed by atoms with van der Waals surface area (Å²) in [5.74, 6) is 1.44. The van der Waals surface area contributed by atoms with Gasteiger partial charge in [-0.05, 0) is 63.7 Å². The highest BCUT2D eigenvalue weighted by molar-refractivity contribution is 5.85. The van der Waals surface area contributed by atoms with E-state index in [1.165, 1.54) is 58.4 Å². The molecule has 0 aromatic carbocycles. The Hall–Kier alpha value is 0.170. The van der Waals surface area contributed by atoms with Gasteiger partial charge in [-0.1, -0.05) is 0 Å². The van der Waals surface area contributed by atoms with Crippen molar-refractivity contribution in [2.45, 2.75) is 25.7 Å². The lowest BCUT2D eigenvalue weighted by Gasteiger charge is -2.34. The van der Waals surface area contributed by atoms with E-state index in [1.54, 1.807) is 0 Å². The molecule has 1 unspecified atom stereocenters. The Balaban J connectivity index is 0.00000128. The van der Waals surface area contributed by atoms with Gasteiger partial charge in [-0.3, -0.25) is 0 Å². The number of aliphatic hydroxyl groups excluding tert-OH is 1. The van der Waals surface area contributed by atoms with Crippen molar-refractivity contribution in [2.75, 3.05) is 39.3 Å². The third-order valence-electron chi connectivity index (χ3n) is 3.88. The quantitative estimate of drug-likeness (QED) is 0.786. The van der Waals surface area contributed by atoms with Gasteiger partial charge in [0.2, 0.25) is 0 Å². The van der Waals surface area contributed by atoms with Gasteiger partial charge in [0.1, 0.15) is 0 Å². The minimum atomic E-state index is 0. The van der Waals surface area contributed by atoms with E-state index in [-0.39, 0.29) is 12.4 Å². The molecule has 1 atom stereocenters. The number of piperidine rings is 2. The minimum Gasteiger partial charge on any atom is -0.396 e. The molecule has 0 aliphatic carbocycles. The van der Waals surface area contributed by atoms with E-state index >= 15 is 0 Å². The van der Waals surface area contributed by atoms with Crippen LogP contribution in [0, 0.1) is 11.8 Å². The van der Waals surface area contributed by atoms with Crippen LogP contribution >= 0.6 is 12.4 Å². The van der Waals surface area contributed by atoms with Gasteiger partial charge < -0.3 is 15.3 Å². The van der Waals surface area contributed by atoms with Crippen molar-refractivity contribution in [3.05, 3.63) is 0 Å². The van der Waals surface area contributed by atoms with Gasteiger partial charge in [0.25, 0.3) is 0 Å². The van der Waals surface area contributed by atoms with Crippen LogP contribution in [0.5, 0.6) is 0 Å². The van der Waals surface area contributed by atoms with Crippen LogP contribution in [0.25, 0.3) is 0 Å². The van der Waals surface area contributed by atoms with Crippen molar-refractivity contribution >= 4 is 12.4 Å². The smallest absolute Gasteiger partial charge is 0.0460 e. The average Bonchev–Trinajstić information content (AvgIpc) is 2.31. The molecule has 0 radical (unpaired) electrons. The summed E-state index contributed by atoms with van der Waals surface area (Å²) in [4.78, 5) is 2.59. The molecule has 96 valence electrons. The number of hydrogen-bond donors (Lipinski definition) is 2. The van der Waals surface area contributed by atoms with E-state index in [4.69, 9.17) is 5.11 Å². The highest BCUT2D eigenvalue weighted by atomic mass is 35.5. The minimum absolute atomic E-state index is 0. The lowest BCUT2D eigenvalue weighted by Crippen LogP contribution is -2.42. The predicted octanol–water partition coefficient (Wildman–Crippen LogP) is 1.11. The molecule has 2 aliphatic heterocycles. The lowest BCUT2D eigenvalue weighted by molar-refractivity contribution is 0.114. The maximum Gasteiger partial charge on any atom is 0.0460 e. The molecular formula is C12H25ClN2O. The second-order valence-electron chi connectivity index (χ2n) is 5.14. The van der Waals surface area contributed by atoms with Gasteiger partial charge in [0, 0.05) is 13.2 Å². The molecule has 0 amide bonds. The fourth-order valence-electron chi connectivity index (χ4n) is 2.80. The van der Waals surface area contributed by atoms with Crippen molar-refractivity contribution in [1.82, 2.24) is 10.2 Å². The largest absolute Gasteiger partial charge is 0.396 e. The molecule has 0 spiro atoms. The molecule has 3 nitrogen and oxygen atoms in total. The number of hydrogen-bond acceptors (Lipinski definition) is 3. The first-order valence-corrected chi connectivity index (χ1v) is 6.42. The Morgan fingerprint density at radius 1 is 1.12 bits per heavy atom. The molecule has 0 aromatic heterocycles. The zero-order valence-electron chi connectivity index (χ0n) is 10.0. The van der Waals surface area contributed by atoms with Gasteiger partial charge in [-0.25, -0.2) is 0 Å². The molecule has 2 fully saturated rings. The lowest BCUT2D eigenvalue weighted by atomic mass is 9.94. The van der Waals surface area contributed by atoms with Crippen LogP contribution in [-0.4, -0.2) is 49.3 Å². The first-order valence-electron chi connectivity index (χ1n) is 6.42. The first-order chi connectivity index (χ1) is 7.38. The van der Waals surface area contributed by atoms with E-state index in [0.29, 0.717) is 12.5 Å². The second kappa shape index (κ2) is 7.49. The second-order valence-corrected chi connectivity index (χ2v) is 5.14. The van der Waals surface area contributed by atoms with Crippen LogP contribution in [0.15, 0.2) is 0 Å². The fraction of sp³-hybridized carbons (Fsp3) is 1.00. The monoisotopic (exact) mass is 248 g/mol. The van der Waals surface area contributed by atoms with Gasteiger partial charge in [-0.2, -0.15) is 0 Å². The fourth-order valence-corrected chi connectivity index (χ4v) is 2.80. The highest BCUT2D eigenvalue weighted by Gasteiger charge is 2.21. The first kappa shape index (κ1) is 14.2. The number of likely N-dealkylation sites (tertiary alicyclic amines) is 1. The van der Waals surface area contributed by atoms with Gasteiger partial charge >= 0.3 is 0 Å². The van der Waals surface area contributed by atoms with Crippen LogP contribution in [0.4, 0.5) is 0 Å². The van der Waals surface area contributed by atoms with Gasteiger partial charge in [0.15, 0.2) is 0 Å². The summed E-state index contributed by atoms with van der Waals surface area (Å²) in [6, 6.07) is 0. The van der Waals surface area contributed by atoms with Crippen molar-refractivity contribution in [3.63, 3.8) is 0 Å². The summed E-state index contributed by atoms with van der Waals surface area (Å²) in [6.45, 7) is 6.47.